The van der Waals surface area contributed by atoms with Gasteiger partial charge >= 0.3 is 0 Å². The highest BCUT2D eigenvalue weighted by atomic mass is 16.5. The van der Waals surface area contributed by atoms with E-state index in [1.165, 1.54) is 10.5 Å². The number of ether oxygens (including phenoxy) is 1. The highest BCUT2D eigenvalue weighted by Crippen LogP contribution is 2.28. The minimum Gasteiger partial charge on any atom is -0.494 e. The molecule has 4 rings (SSSR count). The zero-order valence-electron chi connectivity index (χ0n) is 18.7. The number of hydrogen-bond acceptors (Lipinski definition) is 5. The average Bonchev–Trinajstić information content (AvgIpc) is 3.13. The van der Waals surface area contributed by atoms with E-state index in [0.717, 1.165) is 44.9 Å². The first-order chi connectivity index (χ1) is 15.7. The maximum atomic E-state index is 13.1. The second kappa shape index (κ2) is 10.6. The molecule has 32 heavy (non-hydrogen) atoms. The van der Waals surface area contributed by atoms with E-state index in [1.54, 1.807) is 12.1 Å². The Labute approximate surface area is 190 Å². The van der Waals surface area contributed by atoms with E-state index in [1.807, 2.05) is 30.3 Å². The van der Waals surface area contributed by atoms with Crippen LogP contribution < -0.4 is 9.64 Å². The molecule has 2 saturated heterocycles. The Morgan fingerprint density at radius 2 is 1.69 bits per heavy atom. The average molecular weight is 434 g/mol. The van der Waals surface area contributed by atoms with Gasteiger partial charge in [0.1, 0.15) is 5.75 Å². The predicted octanol–water partition coefficient (Wildman–Crippen LogP) is 3.44. The van der Waals surface area contributed by atoms with Crippen molar-refractivity contribution in [3.05, 3.63) is 66.2 Å². The van der Waals surface area contributed by atoms with Crippen molar-refractivity contribution < 1.29 is 14.3 Å². The van der Waals surface area contributed by atoms with E-state index < -0.39 is 0 Å². The molecular formula is C26H31N3O3. The monoisotopic (exact) mass is 433 g/mol. The summed E-state index contributed by atoms with van der Waals surface area (Å²) in [7, 11) is 0. The molecule has 6 heteroatoms. The fraction of sp³-hybridized carbons (Fsp3) is 0.385. The molecule has 2 heterocycles. The Kier molecular flexibility index (Phi) is 7.35. The standard InChI is InChI=1S/C26H31N3O3/c1-2-19-32-23-12-10-22(11-13-23)29-25(30)20-24(26(29)31)28-17-15-27(16-18-28)14-6-9-21-7-4-3-5-8-21/h3-13,24H,2,14-20H2,1H3/b9-6+/t24-/m1/s1. The number of piperazine rings is 1. The minimum absolute atomic E-state index is 0.116. The van der Waals surface area contributed by atoms with E-state index in [2.05, 4.69) is 41.0 Å². The first kappa shape index (κ1) is 22.2. The molecule has 168 valence electrons. The molecule has 0 aliphatic carbocycles. The molecule has 0 unspecified atom stereocenters. The molecular weight excluding hydrogens is 402 g/mol. The van der Waals surface area contributed by atoms with Gasteiger partial charge in [-0.15, -0.1) is 0 Å². The van der Waals surface area contributed by atoms with Crippen LogP contribution in [0.1, 0.15) is 25.3 Å². The molecule has 1 atom stereocenters. The predicted molar refractivity (Wildman–Crippen MR) is 127 cm³/mol. The summed E-state index contributed by atoms with van der Waals surface area (Å²) in [5.74, 6) is 0.508. The number of anilines is 1. The third-order valence-electron chi connectivity index (χ3n) is 6.01. The van der Waals surface area contributed by atoms with Crippen LogP contribution in [-0.2, 0) is 9.59 Å². The molecule has 0 bridgehead atoms. The second-order valence-corrected chi connectivity index (χ2v) is 8.28. The van der Waals surface area contributed by atoms with Gasteiger partial charge in [-0.3, -0.25) is 19.4 Å². The third-order valence-corrected chi connectivity index (χ3v) is 6.01. The van der Waals surface area contributed by atoms with E-state index >= 15 is 0 Å². The molecule has 2 aromatic rings. The van der Waals surface area contributed by atoms with Gasteiger partial charge in [0.2, 0.25) is 5.91 Å². The van der Waals surface area contributed by atoms with Gasteiger partial charge in [0, 0.05) is 32.7 Å². The maximum absolute atomic E-state index is 13.1. The summed E-state index contributed by atoms with van der Waals surface area (Å²) in [5, 5.41) is 0. The summed E-state index contributed by atoms with van der Waals surface area (Å²) in [6, 6.07) is 17.1. The van der Waals surface area contributed by atoms with E-state index in [-0.39, 0.29) is 24.3 Å². The van der Waals surface area contributed by atoms with Gasteiger partial charge in [0.15, 0.2) is 0 Å². The van der Waals surface area contributed by atoms with Crippen LogP contribution in [0.2, 0.25) is 0 Å². The van der Waals surface area contributed by atoms with Gasteiger partial charge in [0.25, 0.3) is 5.91 Å². The van der Waals surface area contributed by atoms with Crippen molar-refractivity contribution in [3.63, 3.8) is 0 Å². The number of imide groups is 1. The Hall–Kier alpha value is -2.96. The number of amides is 2. The van der Waals surface area contributed by atoms with Gasteiger partial charge in [-0.1, -0.05) is 49.4 Å². The summed E-state index contributed by atoms with van der Waals surface area (Å²) in [6.45, 7) is 6.95. The molecule has 0 radical (unpaired) electrons. The van der Waals surface area contributed by atoms with Crippen LogP contribution in [0.15, 0.2) is 60.7 Å². The second-order valence-electron chi connectivity index (χ2n) is 8.28. The van der Waals surface area contributed by atoms with Crippen LogP contribution in [0.4, 0.5) is 5.69 Å². The number of carbonyl (C=O) groups excluding carboxylic acids is 2. The lowest BCUT2D eigenvalue weighted by Crippen LogP contribution is -2.52. The van der Waals surface area contributed by atoms with Crippen molar-refractivity contribution in [2.24, 2.45) is 0 Å². The number of benzene rings is 2. The molecule has 0 saturated carbocycles. The zero-order chi connectivity index (χ0) is 22.3. The molecule has 2 amide bonds. The van der Waals surface area contributed by atoms with Gasteiger partial charge in [-0.05, 0) is 36.2 Å². The quantitative estimate of drug-likeness (QED) is 0.597. The number of rotatable bonds is 8. The highest BCUT2D eigenvalue weighted by Gasteiger charge is 2.43. The molecule has 2 aliphatic rings. The van der Waals surface area contributed by atoms with Crippen LogP contribution in [0.5, 0.6) is 5.75 Å². The Morgan fingerprint density at radius 1 is 0.969 bits per heavy atom. The van der Waals surface area contributed by atoms with Crippen LogP contribution in [0, 0.1) is 0 Å². The van der Waals surface area contributed by atoms with Crippen molar-refractivity contribution in [1.82, 2.24) is 9.80 Å². The van der Waals surface area contributed by atoms with E-state index in [9.17, 15) is 9.59 Å². The first-order valence-corrected chi connectivity index (χ1v) is 11.4. The normalized spacial score (nSPS) is 20.4. The summed E-state index contributed by atoms with van der Waals surface area (Å²) < 4.78 is 5.60. The maximum Gasteiger partial charge on any atom is 0.251 e. The van der Waals surface area contributed by atoms with Crippen LogP contribution in [0.25, 0.3) is 6.08 Å². The highest BCUT2D eigenvalue weighted by molar-refractivity contribution is 6.22. The van der Waals surface area contributed by atoms with Crippen molar-refractivity contribution in [2.45, 2.75) is 25.8 Å². The molecule has 0 spiro atoms. The molecule has 6 nitrogen and oxygen atoms in total. The van der Waals surface area contributed by atoms with Crippen molar-refractivity contribution in [2.75, 3.05) is 44.2 Å². The van der Waals surface area contributed by atoms with E-state index in [4.69, 9.17) is 4.74 Å². The van der Waals surface area contributed by atoms with Gasteiger partial charge in [0.05, 0.1) is 24.8 Å². The van der Waals surface area contributed by atoms with Crippen molar-refractivity contribution in [3.8, 4) is 5.75 Å². The lowest BCUT2D eigenvalue weighted by molar-refractivity contribution is -0.123. The summed E-state index contributed by atoms with van der Waals surface area (Å²) in [6.07, 6.45) is 5.51. The smallest absolute Gasteiger partial charge is 0.251 e. The lowest BCUT2D eigenvalue weighted by atomic mass is 10.1. The zero-order valence-corrected chi connectivity index (χ0v) is 18.7. The molecule has 2 aromatic carbocycles. The summed E-state index contributed by atoms with van der Waals surface area (Å²) in [4.78, 5) is 31.6. The SMILES string of the molecule is CCCOc1ccc(N2C(=O)C[C@@H](N3CCN(C/C=C/c4ccccc4)CC3)C2=O)cc1. The molecule has 0 N–H and O–H groups in total. The van der Waals surface area contributed by atoms with Gasteiger partial charge in [-0.25, -0.2) is 4.90 Å². The number of carbonyl (C=O) groups is 2. The van der Waals surface area contributed by atoms with Crippen molar-refractivity contribution in [1.29, 1.82) is 0 Å². The molecule has 0 aromatic heterocycles. The topological polar surface area (TPSA) is 53.1 Å². The molecule has 2 aliphatic heterocycles. The van der Waals surface area contributed by atoms with Crippen LogP contribution in [-0.4, -0.2) is 67.0 Å². The first-order valence-electron chi connectivity index (χ1n) is 11.4. The Morgan fingerprint density at radius 3 is 2.38 bits per heavy atom. The van der Waals surface area contributed by atoms with Crippen LogP contribution in [0.3, 0.4) is 0 Å². The fourth-order valence-electron chi connectivity index (χ4n) is 4.24. The van der Waals surface area contributed by atoms with Gasteiger partial charge < -0.3 is 4.74 Å². The van der Waals surface area contributed by atoms with Crippen LogP contribution >= 0.6 is 0 Å². The van der Waals surface area contributed by atoms with Gasteiger partial charge in [-0.2, -0.15) is 0 Å². The summed E-state index contributed by atoms with van der Waals surface area (Å²) in [5.41, 5.74) is 1.82. The Balaban J connectivity index is 1.30. The molecule has 2 fully saturated rings. The Bertz CT molecular complexity index is 935. The minimum atomic E-state index is -0.361. The largest absolute Gasteiger partial charge is 0.494 e. The lowest BCUT2D eigenvalue weighted by Gasteiger charge is -2.36. The number of hydrogen-bond donors (Lipinski definition) is 0. The van der Waals surface area contributed by atoms with E-state index in [0.29, 0.717) is 12.3 Å². The third kappa shape index (κ3) is 5.26. The number of nitrogens with zero attached hydrogens (tertiary/aromatic N) is 3. The summed E-state index contributed by atoms with van der Waals surface area (Å²) >= 11 is 0. The van der Waals surface area contributed by atoms with Crippen molar-refractivity contribution >= 4 is 23.6 Å². The fourth-order valence-corrected chi connectivity index (χ4v) is 4.24.